The first kappa shape index (κ1) is 12.7. The van der Waals surface area contributed by atoms with Gasteiger partial charge in [0.25, 0.3) is 0 Å². The Bertz CT molecular complexity index is 397. The van der Waals surface area contributed by atoms with Crippen molar-refractivity contribution in [2.45, 2.75) is 25.8 Å². The van der Waals surface area contributed by atoms with Gasteiger partial charge in [-0.1, -0.05) is 18.7 Å². The van der Waals surface area contributed by atoms with Crippen LogP contribution in [0.25, 0.3) is 0 Å². The van der Waals surface area contributed by atoms with Crippen LogP contribution in [0.5, 0.6) is 0 Å². The Balaban J connectivity index is 3.21. The molecule has 0 bridgehead atoms. The summed E-state index contributed by atoms with van der Waals surface area (Å²) in [6.45, 7) is 6.17. The summed E-state index contributed by atoms with van der Waals surface area (Å²) in [5, 5.41) is 14.3. The van der Waals surface area contributed by atoms with Gasteiger partial charge in [-0.2, -0.15) is 4.98 Å². The van der Waals surface area contributed by atoms with E-state index in [9.17, 15) is 10.1 Å². The molecule has 1 rings (SSSR count). The van der Waals surface area contributed by atoms with Crippen molar-refractivity contribution in [2.24, 2.45) is 0 Å². The largest absolute Gasteiger partial charge is 0.354 e. The van der Waals surface area contributed by atoms with Gasteiger partial charge in [-0.25, -0.2) is 4.98 Å². The lowest BCUT2D eigenvalue weighted by atomic mass is 10.4. The molecule has 88 valence electrons. The highest BCUT2D eigenvalue weighted by Crippen LogP contribution is 2.30. The van der Waals surface area contributed by atoms with Gasteiger partial charge >= 0.3 is 5.69 Å². The molecule has 0 aromatic carbocycles. The van der Waals surface area contributed by atoms with Gasteiger partial charge in [0.05, 0.1) is 4.92 Å². The Morgan fingerprint density at radius 1 is 1.44 bits per heavy atom. The maximum atomic E-state index is 10.9. The van der Waals surface area contributed by atoms with Gasteiger partial charge in [0.15, 0.2) is 5.03 Å². The topological polar surface area (TPSA) is 81.0 Å². The monoisotopic (exact) mass is 242 g/mol. The van der Waals surface area contributed by atoms with E-state index in [4.69, 9.17) is 0 Å². The molecular formula is C9H14N4O2S. The van der Waals surface area contributed by atoms with Crippen molar-refractivity contribution in [3.05, 3.63) is 15.8 Å². The molecule has 1 heterocycles. The maximum Gasteiger partial charge on any atom is 0.322 e. The number of hydrogen-bond acceptors (Lipinski definition) is 6. The predicted octanol–water partition coefficient (Wildman–Crippen LogP) is 2.24. The standard InChI is InChI=1S/C9H14N4O2S/c1-4-10-9-11-6(3)7(13(14)15)8(12-9)16-5-2/h4-5H2,1-3H3,(H,10,11,12). The van der Waals surface area contributed by atoms with E-state index in [1.54, 1.807) is 6.92 Å². The lowest BCUT2D eigenvalue weighted by Gasteiger charge is -2.06. The van der Waals surface area contributed by atoms with Gasteiger partial charge in [-0.3, -0.25) is 10.1 Å². The highest BCUT2D eigenvalue weighted by Gasteiger charge is 2.21. The van der Waals surface area contributed by atoms with Gasteiger partial charge in [0.1, 0.15) is 5.69 Å². The zero-order chi connectivity index (χ0) is 12.1. The first-order valence-corrected chi connectivity index (χ1v) is 5.98. The van der Waals surface area contributed by atoms with E-state index < -0.39 is 4.92 Å². The summed E-state index contributed by atoms with van der Waals surface area (Å²) >= 11 is 1.35. The van der Waals surface area contributed by atoms with Gasteiger partial charge in [-0.15, -0.1) is 0 Å². The second-order valence-electron chi connectivity index (χ2n) is 3.01. The molecule has 6 nitrogen and oxygen atoms in total. The van der Waals surface area contributed by atoms with E-state index >= 15 is 0 Å². The fraction of sp³-hybridized carbons (Fsp3) is 0.556. The molecule has 0 aliphatic heterocycles. The minimum atomic E-state index is -0.428. The summed E-state index contributed by atoms with van der Waals surface area (Å²) in [6.07, 6.45) is 0. The van der Waals surface area contributed by atoms with Gasteiger partial charge < -0.3 is 5.32 Å². The van der Waals surface area contributed by atoms with E-state index in [0.717, 1.165) is 5.75 Å². The summed E-state index contributed by atoms with van der Waals surface area (Å²) < 4.78 is 0. The number of nitrogens with one attached hydrogen (secondary N) is 1. The molecule has 0 unspecified atom stereocenters. The zero-order valence-corrected chi connectivity index (χ0v) is 10.3. The Labute approximate surface area is 98.0 Å². The second-order valence-corrected chi connectivity index (χ2v) is 4.26. The van der Waals surface area contributed by atoms with Crippen molar-refractivity contribution in [3.63, 3.8) is 0 Å². The average Bonchev–Trinajstić information content (AvgIpc) is 2.17. The minimum Gasteiger partial charge on any atom is -0.354 e. The maximum absolute atomic E-state index is 10.9. The Kier molecular flexibility index (Phi) is 4.48. The molecule has 0 spiro atoms. The molecule has 0 aliphatic carbocycles. The van der Waals surface area contributed by atoms with Crippen LogP contribution >= 0.6 is 11.8 Å². The number of aryl methyl sites for hydroxylation is 1. The van der Waals surface area contributed by atoms with Crippen LogP contribution in [0.1, 0.15) is 19.5 Å². The van der Waals surface area contributed by atoms with Crippen molar-refractivity contribution in [1.29, 1.82) is 0 Å². The Morgan fingerprint density at radius 3 is 2.62 bits per heavy atom. The van der Waals surface area contributed by atoms with Crippen LogP contribution in [0.4, 0.5) is 11.6 Å². The summed E-state index contributed by atoms with van der Waals surface area (Å²) in [5.41, 5.74) is 0.403. The zero-order valence-electron chi connectivity index (χ0n) is 9.48. The van der Waals surface area contributed by atoms with Crippen molar-refractivity contribution < 1.29 is 4.92 Å². The molecule has 1 N–H and O–H groups in total. The molecule has 0 atom stereocenters. The first-order chi connectivity index (χ1) is 7.60. The highest BCUT2D eigenvalue weighted by atomic mass is 32.2. The van der Waals surface area contributed by atoms with Gasteiger partial charge in [-0.05, 0) is 19.6 Å². The Hall–Kier alpha value is -1.37. The second kappa shape index (κ2) is 5.64. The van der Waals surface area contributed by atoms with E-state index in [-0.39, 0.29) is 5.69 Å². The number of nitro groups is 1. The number of hydrogen-bond donors (Lipinski definition) is 1. The molecule has 0 radical (unpaired) electrons. The number of anilines is 1. The van der Waals surface area contributed by atoms with E-state index in [1.807, 2.05) is 13.8 Å². The van der Waals surface area contributed by atoms with E-state index in [1.165, 1.54) is 11.8 Å². The summed E-state index contributed by atoms with van der Waals surface area (Å²) in [6, 6.07) is 0. The van der Waals surface area contributed by atoms with E-state index in [2.05, 4.69) is 15.3 Å². The van der Waals surface area contributed by atoms with Crippen LogP contribution in [0.15, 0.2) is 5.03 Å². The molecular weight excluding hydrogens is 228 g/mol. The summed E-state index contributed by atoms with van der Waals surface area (Å²) in [7, 11) is 0. The third-order valence-corrected chi connectivity index (χ3v) is 2.67. The van der Waals surface area contributed by atoms with Crippen LogP contribution in [-0.4, -0.2) is 27.2 Å². The molecule has 0 aliphatic rings. The Morgan fingerprint density at radius 2 is 2.12 bits per heavy atom. The number of nitrogens with zero attached hydrogens (tertiary/aromatic N) is 3. The molecule has 1 aromatic rings. The van der Waals surface area contributed by atoms with Crippen molar-refractivity contribution >= 4 is 23.4 Å². The number of thioether (sulfide) groups is 1. The van der Waals surface area contributed by atoms with Gasteiger partial charge in [0, 0.05) is 6.54 Å². The molecule has 16 heavy (non-hydrogen) atoms. The molecule has 0 saturated heterocycles. The first-order valence-electron chi connectivity index (χ1n) is 4.99. The van der Waals surface area contributed by atoms with Crippen molar-refractivity contribution in [3.8, 4) is 0 Å². The number of rotatable bonds is 5. The van der Waals surface area contributed by atoms with Gasteiger partial charge in [0.2, 0.25) is 5.95 Å². The molecule has 0 amide bonds. The smallest absolute Gasteiger partial charge is 0.322 e. The third kappa shape index (κ3) is 2.82. The fourth-order valence-corrected chi connectivity index (χ4v) is 2.01. The molecule has 7 heteroatoms. The predicted molar refractivity (Wildman–Crippen MR) is 64.0 cm³/mol. The SMILES string of the molecule is CCNc1nc(C)c([N+](=O)[O-])c(SCC)n1. The van der Waals surface area contributed by atoms with Crippen LogP contribution < -0.4 is 5.32 Å². The molecule has 0 fully saturated rings. The summed E-state index contributed by atoms with van der Waals surface area (Å²) in [5.74, 6) is 1.18. The van der Waals surface area contributed by atoms with Crippen LogP contribution in [0, 0.1) is 17.0 Å². The number of aromatic nitrogens is 2. The summed E-state index contributed by atoms with van der Waals surface area (Å²) in [4.78, 5) is 18.6. The molecule has 0 saturated carbocycles. The van der Waals surface area contributed by atoms with Crippen LogP contribution in [0.3, 0.4) is 0 Å². The lowest BCUT2D eigenvalue weighted by Crippen LogP contribution is -2.07. The highest BCUT2D eigenvalue weighted by molar-refractivity contribution is 7.99. The average molecular weight is 242 g/mol. The van der Waals surface area contributed by atoms with Crippen molar-refractivity contribution in [1.82, 2.24) is 9.97 Å². The van der Waals surface area contributed by atoms with Crippen LogP contribution in [0.2, 0.25) is 0 Å². The van der Waals surface area contributed by atoms with Crippen molar-refractivity contribution in [2.75, 3.05) is 17.6 Å². The van der Waals surface area contributed by atoms with E-state index in [0.29, 0.717) is 23.2 Å². The normalized spacial score (nSPS) is 10.2. The minimum absolute atomic E-state index is 0.00787. The quantitative estimate of drug-likeness (QED) is 0.369. The molecule has 1 aromatic heterocycles. The fourth-order valence-electron chi connectivity index (χ4n) is 1.23. The van der Waals surface area contributed by atoms with Crippen LogP contribution in [-0.2, 0) is 0 Å². The third-order valence-electron chi connectivity index (χ3n) is 1.82. The lowest BCUT2D eigenvalue weighted by molar-refractivity contribution is -0.389.